The molecule has 0 radical (unpaired) electrons. The molecule has 2 aromatic rings. The highest BCUT2D eigenvalue weighted by Gasteiger charge is 2.35. The molecule has 2 nitrogen and oxygen atoms in total. The van der Waals surface area contributed by atoms with Gasteiger partial charge in [0, 0.05) is 5.41 Å². The summed E-state index contributed by atoms with van der Waals surface area (Å²) in [6.07, 6.45) is 1.88. The summed E-state index contributed by atoms with van der Waals surface area (Å²) in [6.45, 7) is 6.02. The van der Waals surface area contributed by atoms with Gasteiger partial charge in [0.1, 0.15) is 0 Å². The van der Waals surface area contributed by atoms with Crippen LogP contribution in [-0.4, -0.2) is 13.1 Å². The molecule has 0 saturated heterocycles. The highest BCUT2D eigenvalue weighted by Crippen LogP contribution is 2.49. The highest BCUT2D eigenvalue weighted by atomic mass is 14.5. The van der Waals surface area contributed by atoms with Crippen molar-refractivity contribution in [1.29, 1.82) is 0 Å². The predicted molar refractivity (Wildman–Crippen MR) is 89.5 cm³/mol. The highest BCUT2D eigenvalue weighted by molar-refractivity contribution is 5.81. The third-order valence-electron chi connectivity index (χ3n) is 4.67. The van der Waals surface area contributed by atoms with Crippen molar-refractivity contribution in [3.8, 4) is 11.1 Å². The third kappa shape index (κ3) is 2.29. The van der Waals surface area contributed by atoms with Gasteiger partial charge in [-0.1, -0.05) is 50.2 Å². The predicted octanol–water partition coefficient (Wildman–Crippen LogP) is 3.00. The molecule has 3 rings (SSSR count). The van der Waals surface area contributed by atoms with E-state index in [-0.39, 0.29) is 5.41 Å². The molecule has 0 heterocycles. The van der Waals surface area contributed by atoms with Crippen molar-refractivity contribution in [2.24, 2.45) is 11.5 Å². The fraction of sp³-hybridized carbons (Fsp3) is 0.368. The van der Waals surface area contributed by atoms with Crippen molar-refractivity contribution in [1.82, 2.24) is 0 Å². The van der Waals surface area contributed by atoms with Gasteiger partial charge in [-0.3, -0.25) is 0 Å². The lowest BCUT2D eigenvalue weighted by Crippen LogP contribution is -2.15. The van der Waals surface area contributed by atoms with E-state index in [1.807, 2.05) is 0 Å². The lowest BCUT2D eigenvalue weighted by molar-refractivity contribution is 0.658. The van der Waals surface area contributed by atoms with Gasteiger partial charge in [-0.25, -0.2) is 0 Å². The zero-order valence-electron chi connectivity index (χ0n) is 12.9. The number of hydrogen-bond donors (Lipinski definition) is 2. The van der Waals surface area contributed by atoms with Crippen LogP contribution in [0.15, 0.2) is 36.4 Å². The molecular formula is C19H24N2. The van der Waals surface area contributed by atoms with Crippen LogP contribution in [-0.2, 0) is 18.3 Å². The molecule has 1 aliphatic carbocycles. The summed E-state index contributed by atoms with van der Waals surface area (Å²) in [6, 6.07) is 13.6. The lowest BCUT2D eigenvalue weighted by Gasteiger charge is -2.22. The van der Waals surface area contributed by atoms with Crippen molar-refractivity contribution in [3.05, 3.63) is 58.7 Å². The average molecular weight is 280 g/mol. The Kier molecular flexibility index (Phi) is 3.60. The number of benzene rings is 2. The van der Waals surface area contributed by atoms with Gasteiger partial charge in [0.25, 0.3) is 0 Å². The molecule has 1 aliphatic rings. The molecule has 110 valence electrons. The molecule has 2 aromatic carbocycles. The summed E-state index contributed by atoms with van der Waals surface area (Å²) in [7, 11) is 0. The van der Waals surface area contributed by atoms with E-state index in [9.17, 15) is 0 Å². The van der Waals surface area contributed by atoms with E-state index in [1.54, 1.807) is 0 Å². The van der Waals surface area contributed by atoms with Gasteiger partial charge in [0.15, 0.2) is 0 Å². The first kappa shape index (κ1) is 14.3. The summed E-state index contributed by atoms with van der Waals surface area (Å²) < 4.78 is 0. The van der Waals surface area contributed by atoms with Crippen LogP contribution in [0, 0.1) is 0 Å². The van der Waals surface area contributed by atoms with Crippen molar-refractivity contribution >= 4 is 0 Å². The van der Waals surface area contributed by atoms with Crippen LogP contribution >= 0.6 is 0 Å². The maximum Gasteiger partial charge on any atom is 0.0158 e. The van der Waals surface area contributed by atoms with Crippen LogP contribution in [0.2, 0.25) is 0 Å². The van der Waals surface area contributed by atoms with Crippen LogP contribution in [0.5, 0.6) is 0 Å². The Balaban J connectivity index is 2.14. The summed E-state index contributed by atoms with van der Waals surface area (Å²) in [5, 5.41) is 0. The fourth-order valence-corrected chi connectivity index (χ4v) is 3.49. The largest absolute Gasteiger partial charge is 0.330 e. The Labute approximate surface area is 127 Å². The van der Waals surface area contributed by atoms with Gasteiger partial charge in [-0.2, -0.15) is 0 Å². The van der Waals surface area contributed by atoms with Crippen LogP contribution < -0.4 is 11.5 Å². The zero-order valence-corrected chi connectivity index (χ0v) is 12.9. The standard InChI is InChI=1S/C19H24N2/c1-19(2)17-6-4-13(7-9-20)11-16(17)15-5-3-14(8-10-21)12-18(15)19/h3-6,11-12H,7-10,20-21H2,1-2H3. The second kappa shape index (κ2) is 5.28. The molecule has 4 N–H and O–H groups in total. The van der Waals surface area contributed by atoms with Crippen molar-refractivity contribution in [2.45, 2.75) is 32.1 Å². The summed E-state index contributed by atoms with van der Waals surface area (Å²) in [4.78, 5) is 0. The summed E-state index contributed by atoms with van der Waals surface area (Å²) in [5.74, 6) is 0. The number of fused-ring (bicyclic) bond motifs is 3. The minimum Gasteiger partial charge on any atom is -0.330 e. The third-order valence-corrected chi connectivity index (χ3v) is 4.67. The van der Waals surface area contributed by atoms with Crippen LogP contribution in [0.1, 0.15) is 36.1 Å². The molecular weight excluding hydrogens is 256 g/mol. The van der Waals surface area contributed by atoms with E-state index in [1.165, 1.54) is 33.4 Å². The maximum absolute atomic E-state index is 5.70. The summed E-state index contributed by atoms with van der Waals surface area (Å²) >= 11 is 0. The average Bonchev–Trinajstić information content (AvgIpc) is 2.68. The van der Waals surface area contributed by atoms with E-state index in [4.69, 9.17) is 11.5 Å². The first-order valence-electron chi connectivity index (χ1n) is 7.75. The minimum absolute atomic E-state index is 0.0660. The molecule has 0 saturated carbocycles. The van der Waals surface area contributed by atoms with Crippen LogP contribution in [0.3, 0.4) is 0 Å². The number of rotatable bonds is 4. The van der Waals surface area contributed by atoms with Gasteiger partial charge < -0.3 is 11.5 Å². The second-order valence-corrected chi connectivity index (χ2v) is 6.46. The molecule has 0 aliphatic heterocycles. The van der Waals surface area contributed by atoms with Gasteiger partial charge in [-0.15, -0.1) is 0 Å². The number of hydrogen-bond acceptors (Lipinski definition) is 2. The molecule has 0 atom stereocenters. The maximum atomic E-state index is 5.70. The Bertz CT molecular complexity index is 671. The Morgan fingerprint density at radius 1 is 0.762 bits per heavy atom. The van der Waals surface area contributed by atoms with Crippen molar-refractivity contribution in [2.75, 3.05) is 13.1 Å². The zero-order chi connectivity index (χ0) is 15.0. The van der Waals surface area contributed by atoms with E-state index in [2.05, 4.69) is 50.2 Å². The van der Waals surface area contributed by atoms with E-state index in [0.717, 1.165) is 12.8 Å². The van der Waals surface area contributed by atoms with Gasteiger partial charge in [0.05, 0.1) is 0 Å². The Morgan fingerprint density at radius 3 is 2.05 bits per heavy atom. The van der Waals surface area contributed by atoms with Crippen LogP contribution in [0.25, 0.3) is 11.1 Å². The normalized spacial score (nSPS) is 14.9. The van der Waals surface area contributed by atoms with Gasteiger partial charge in [0.2, 0.25) is 0 Å². The lowest BCUT2D eigenvalue weighted by atomic mass is 9.81. The molecule has 2 heteroatoms. The fourth-order valence-electron chi connectivity index (χ4n) is 3.49. The molecule has 0 aromatic heterocycles. The first-order chi connectivity index (χ1) is 10.1. The molecule has 0 fully saturated rings. The van der Waals surface area contributed by atoms with Crippen molar-refractivity contribution < 1.29 is 0 Å². The van der Waals surface area contributed by atoms with E-state index >= 15 is 0 Å². The van der Waals surface area contributed by atoms with Crippen LogP contribution in [0.4, 0.5) is 0 Å². The molecule has 21 heavy (non-hydrogen) atoms. The van der Waals surface area contributed by atoms with Gasteiger partial charge in [-0.05, 0) is 59.3 Å². The molecule has 0 bridgehead atoms. The Morgan fingerprint density at radius 2 is 1.38 bits per heavy atom. The van der Waals surface area contributed by atoms with Gasteiger partial charge >= 0.3 is 0 Å². The van der Waals surface area contributed by atoms with E-state index < -0.39 is 0 Å². The monoisotopic (exact) mass is 280 g/mol. The first-order valence-corrected chi connectivity index (χ1v) is 7.75. The Hall–Kier alpha value is -1.64. The second-order valence-electron chi connectivity index (χ2n) is 6.46. The molecule has 0 spiro atoms. The molecule has 0 unspecified atom stereocenters. The SMILES string of the molecule is CC1(C)c2ccc(CCN)cc2-c2ccc(CCN)cc21. The quantitative estimate of drug-likeness (QED) is 0.904. The smallest absolute Gasteiger partial charge is 0.0158 e. The number of nitrogens with two attached hydrogens (primary N) is 2. The molecule has 0 amide bonds. The van der Waals surface area contributed by atoms with Crippen molar-refractivity contribution in [3.63, 3.8) is 0 Å². The topological polar surface area (TPSA) is 52.0 Å². The van der Waals surface area contributed by atoms with E-state index in [0.29, 0.717) is 13.1 Å². The minimum atomic E-state index is 0.0660. The summed E-state index contributed by atoms with van der Waals surface area (Å²) in [5.41, 5.74) is 19.7.